The van der Waals surface area contributed by atoms with Crippen LogP contribution in [0.3, 0.4) is 0 Å². The Balaban J connectivity index is 2.34. The monoisotopic (exact) mass is 246 g/mol. The molecule has 0 fully saturated rings. The second kappa shape index (κ2) is 5.14. The van der Waals surface area contributed by atoms with Crippen LogP contribution < -0.4 is 10.5 Å². The highest BCUT2D eigenvalue weighted by Crippen LogP contribution is 2.24. The van der Waals surface area contributed by atoms with Crippen molar-refractivity contribution in [3.8, 4) is 5.75 Å². The van der Waals surface area contributed by atoms with E-state index in [0.29, 0.717) is 5.56 Å². The number of rotatable bonds is 3. The van der Waals surface area contributed by atoms with E-state index in [9.17, 15) is 4.39 Å². The zero-order valence-corrected chi connectivity index (χ0v) is 10.4. The summed E-state index contributed by atoms with van der Waals surface area (Å²) < 4.78 is 18.5. The Morgan fingerprint density at radius 1 is 1.22 bits per heavy atom. The smallest absolute Gasteiger partial charge is 0.165 e. The predicted octanol–water partition coefficient (Wildman–Crippen LogP) is 2.59. The van der Waals surface area contributed by atoms with Crippen LogP contribution in [0, 0.1) is 12.7 Å². The maximum atomic E-state index is 13.6. The molecule has 0 radical (unpaired) electrons. The van der Waals surface area contributed by atoms with Gasteiger partial charge in [0.2, 0.25) is 0 Å². The molecule has 0 aliphatic rings. The first kappa shape index (κ1) is 12.5. The normalized spacial score (nSPS) is 12.2. The van der Waals surface area contributed by atoms with E-state index in [-0.39, 0.29) is 11.8 Å². The van der Waals surface area contributed by atoms with Crippen molar-refractivity contribution < 1.29 is 9.13 Å². The number of nitrogens with zero attached hydrogens (tertiary/aromatic N) is 1. The predicted molar refractivity (Wildman–Crippen MR) is 68.0 cm³/mol. The minimum atomic E-state index is -0.406. The van der Waals surface area contributed by atoms with Gasteiger partial charge in [-0.2, -0.15) is 0 Å². The molecule has 0 saturated carbocycles. The van der Waals surface area contributed by atoms with E-state index in [1.165, 1.54) is 13.2 Å². The first-order chi connectivity index (χ1) is 8.61. The van der Waals surface area contributed by atoms with Crippen LogP contribution in [0.2, 0.25) is 0 Å². The van der Waals surface area contributed by atoms with Gasteiger partial charge in [0, 0.05) is 11.9 Å². The number of benzene rings is 1. The molecule has 18 heavy (non-hydrogen) atoms. The Kier molecular flexibility index (Phi) is 3.58. The molecule has 1 atom stereocenters. The molecule has 1 aromatic carbocycles. The molecule has 2 N–H and O–H groups in total. The number of halogens is 1. The van der Waals surface area contributed by atoms with Crippen molar-refractivity contribution in [2.75, 3.05) is 7.11 Å². The summed E-state index contributed by atoms with van der Waals surface area (Å²) in [5, 5.41) is 0. The fourth-order valence-corrected chi connectivity index (χ4v) is 1.83. The molecule has 0 aliphatic heterocycles. The lowest BCUT2D eigenvalue weighted by atomic mass is 10.00. The van der Waals surface area contributed by atoms with Crippen LogP contribution in [0.25, 0.3) is 0 Å². The summed E-state index contributed by atoms with van der Waals surface area (Å²) in [6.45, 7) is 1.89. The fourth-order valence-electron chi connectivity index (χ4n) is 1.83. The Morgan fingerprint density at radius 3 is 2.56 bits per heavy atom. The summed E-state index contributed by atoms with van der Waals surface area (Å²) in [7, 11) is 1.43. The van der Waals surface area contributed by atoms with Crippen LogP contribution in [0.15, 0.2) is 36.5 Å². The third-order valence-corrected chi connectivity index (χ3v) is 2.81. The zero-order chi connectivity index (χ0) is 13.1. The van der Waals surface area contributed by atoms with E-state index in [0.717, 1.165) is 11.3 Å². The van der Waals surface area contributed by atoms with Gasteiger partial charge in [0.05, 0.1) is 13.2 Å². The van der Waals surface area contributed by atoms with Gasteiger partial charge >= 0.3 is 0 Å². The number of hydrogen-bond donors (Lipinski definition) is 1. The summed E-state index contributed by atoms with van der Waals surface area (Å²) in [4.78, 5) is 4.11. The number of hydrogen-bond acceptors (Lipinski definition) is 3. The van der Waals surface area contributed by atoms with Gasteiger partial charge in [-0.3, -0.25) is 4.98 Å². The topological polar surface area (TPSA) is 48.1 Å². The van der Waals surface area contributed by atoms with E-state index in [1.807, 2.05) is 19.1 Å². The van der Waals surface area contributed by atoms with Crippen molar-refractivity contribution in [3.05, 3.63) is 59.2 Å². The van der Waals surface area contributed by atoms with Crippen molar-refractivity contribution in [1.29, 1.82) is 0 Å². The van der Waals surface area contributed by atoms with Gasteiger partial charge in [-0.15, -0.1) is 0 Å². The molecule has 2 aromatic rings. The maximum Gasteiger partial charge on any atom is 0.165 e. The number of aryl methyl sites for hydroxylation is 1. The first-order valence-electron chi connectivity index (χ1n) is 5.63. The van der Waals surface area contributed by atoms with Crippen LogP contribution in [0.4, 0.5) is 4.39 Å². The largest absolute Gasteiger partial charge is 0.494 e. The lowest BCUT2D eigenvalue weighted by Gasteiger charge is -2.14. The molecule has 1 aromatic heterocycles. The molecular formula is C14H15FN2O. The molecule has 0 spiro atoms. The molecule has 0 bridgehead atoms. The van der Waals surface area contributed by atoms with Gasteiger partial charge in [0.25, 0.3) is 0 Å². The van der Waals surface area contributed by atoms with E-state index < -0.39 is 5.82 Å². The van der Waals surface area contributed by atoms with E-state index >= 15 is 0 Å². The molecule has 2 rings (SSSR count). The van der Waals surface area contributed by atoms with Crippen molar-refractivity contribution >= 4 is 0 Å². The quantitative estimate of drug-likeness (QED) is 0.905. The Bertz CT molecular complexity index is 557. The van der Waals surface area contributed by atoms with Crippen LogP contribution in [0.1, 0.15) is 22.9 Å². The van der Waals surface area contributed by atoms with Gasteiger partial charge in [-0.1, -0.05) is 6.07 Å². The third-order valence-electron chi connectivity index (χ3n) is 2.81. The Hall–Kier alpha value is -1.94. The number of methoxy groups -OCH3 is 1. The lowest BCUT2D eigenvalue weighted by Crippen LogP contribution is -2.12. The zero-order valence-electron chi connectivity index (χ0n) is 10.4. The van der Waals surface area contributed by atoms with Gasteiger partial charge < -0.3 is 10.5 Å². The number of ether oxygens (including phenoxy) is 1. The van der Waals surface area contributed by atoms with E-state index in [4.69, 9.17) is 10.5 Å². The van der Waals surface area contributed by atoms with Crippen molar-refractivity contribution in [3.63, 3.8) is 0 Å². The molecule has 0 saturated heterocycles. The summed E-state index contributed by atoms with van der Waals surface area (Å²) in [6, 6.07) is 8.11. The highest BCUT2D eigenvalue weighted by Gasteiger charge is 2.12. The van der Waals surface area contributed by atoms with E-state index in [2.05, 4.69) is 4.98 Å². The summed E-state index contributed by atoms with van der Waals surface area (Å²) in [5.41, 5.74) is 8.61. The fraction of sp³-hybridized carbons (Fsp3) is 0.214. The van der Waals surface area contributed by atoms with Crippen LogP contribution in [-0.2, 0) is 0 Å². The Labute approximate surface area is 105 Å². The molecular weight excluding hydrogens is 231 g/mol. The molecule has 3 nitrogen and oxygen atoms in total. The van der Waals surface area contributed by atoms with Crippen LogP contribution in [-0.4, -0.2) is 12.1 Å². The Morgan fingerprint density at radius 2 is 1.94 bits per heavy atom. The summed E-state index contributed by atoms with van der Waals surface area (Å²) in [6.07, 6.45) is 1.70. The lowest BCUT2D eigenvalue weighted by molar-refractivity contribution is 0.386. The molecule has 1 unspecified atom stereocenters. The molecule has 1 heterocycles. The van der Waals surface area contributed by atoms with Crippen molar-refractivity contribution in [2.24, 2.45) is 5.73 Å². The van der Waals surface area contributed by atoms with E-state index in [1.54, 1.807) is 18.3 Å². The highest BCUT2D eigenvalue weighted by atomic mass is 19.1. The highest BCUT2D eigenvalue weighted by molar-refractivity contribution is 5.36. The van der Waals surface area contributed by atoms with Gasteiger partial charge in [0.15, 0.2) is 11.6 Å². The second-order valence-electron chi connectivity index (χ2n) is 4.10. The average molecular weight is 246 g/mol. The number of aromatic nitrogens is 1. The third kappa shape index (κ3) is 2.49. The molecule has 94 valence electrons. The summed E-state index contributed by atoms with van der Waals surface area (Å²) >= 11 is 0. The SMILES string of the molecule is COc1ccc(C(N)c2ccnc(C)c2)cc1F. The average Bonchev–Trinajstić information content (AvgIpc) is 2.37. The van der Waals surface area contributed by atoms with Crippen LogP contribution in [0.5, 0.6) is 5.75 Å². The first-order valence-corrected chi connectivity index (χ1v) is 5.63. The van der Waals surface area contributed by atoms with Crippen LogP contribution >= 0.6 is 0 Å². The maximum absolute atomic E-state index is 13.6. The molecule has 0 amide bonds. The van der Waals surface area contributed by atoms with Crippen molar-refractivity contribution in [1.82, 2.24) is 4.98 Å². The number of nitrogens with two attached hydrogens (primary N) is 1. The summed E-state index contributed by atoms with van der Waals surface area (Å²) in [5.74, 6) is -0.187. The minimum Gasteiger partial charge on any atom is -0.494 e. The van der Waals surface area contributed by atoms with Gasteiger partial charge in [-0.05, 0) is 42.3 Å². The standard InChI is InChI=1S/C14H15FN2O/c1-9-7-11(5-6-17-9)14(16)10-3-4-13(18-2)12(15)8-10/h3-8,14H,16H2,1-2H3. The second-order valence-corrected chi connectivity index (χ2v) is 4.10. The molecule has 4 heteroatoms. The minimum absolute atomic E-state index is 0.219. The van der Waals surface area contributed by atoms with Gasteiger partial charge in [0.1, 0.15) is 0 Å². The molecule has 0 aliphatic carbocycles. The van der Waals surface area contributed by atoms with Crippen molar-refractivity contribution in [2.45, 2.75) is 13.0 Å². The number of pyridine rings is 1. The van der Waals surface area contributed by atoms with Gasteiger partial charge in [-0.25, -0.2) is 4.39 Å².